The Labute approximate surface area is 327 Å². The van der Waals surface area contributed by atoms with E-state index < -0.39 is 0 Å². The maximum Gasteiger partial charge on any atom is 0.165 e. The number of benzene rings is 8. The molecule has 8 aromatic carbocycles. The molecule has 0 atom stereocenters. The molecule has 0 bridgehead atoms. The predicted octanol–water partition coefficient (Wildman–Crippen LogP) is 13.7. The van der Waals surface area contributed by atoms with Gasteiger partial charge in [0.2, 0.25) is 0 Å². The van der Waals surface area contributed by atoms with Gasteiger partial charge in [0, 0.05) is 53.3 Å². The van der Waals surface area contributed by atoms with Gasteiger partial charge in [0.05, 0.1) is 11.0 Å². The van der Waals surface area contributed by atoms with Crippen LogP contribution in [-0.2, 0) is 0 Å². The average Bonchev–Trinajstić information content (AvgIpc) is 3.82. The molecular weight excluding hydrogens is 701 g/mol. The van der Waals surface area contributed by atoms with E-state index in [1.165, 1.54) is 59.5 Å². The third kappa shape index (κ3) is 5.40. The van der Waals surface area contributed by atoms with Crippen molar-refractivity contribution < 1.29 is 0 Å². The van der Waals surface area contributed by atoms with Crippen LogP contribution in [0, 0.1) is 0 Å². The molecule has 0 spiro atoms. The van der Waals surface area contributed by atoms with Crippen molar-refractivity contribution in [3.8, 4) is 62.1 Å². The van der Waals surface area contributed by atoms with Gasteiger partial charge in [0.25, 0.3) is 0 Å². The van der Waals surface area contributed by atoms with Crippen molar-refractivity contribution in [2.75, 3.05) is 0 Å². The van der Waals surface area contributed by atoms with Gasteiger partial charge in [0.15, 0.2) is 17.5 Å². The van der Waals surface area contributed by atoms with E-state index in [0.717, 1.165) is 27.1 Å². The Balaban J connectivity index is 1.04. The molecule has 11 aromatic rings. The summed E-state index contributed by atoms with van der Waals surface area (Å²) in [6.07, 6.45) is 0. The van der Waals surface area contributed by atoms with Crippen molar-refractivity contribution in [3.63, 3.8) is 0 Å². The largest absolute Gasteiger partial charge is 0.309 e. The first-order valence-electron chi connectivity index (χ1n) is 18.8. The van der Waals surface area contributed by atoms with Crippen LogP contribution in [0.25, 0.3) is 104 Å². The van der Waals surface area contributed by atoms with Crippen molar-refractivity contribution in [2.45, 2.75) is 0 Å². The summed E-state index contributed by atoms with van der Waals surface area (Å²) in [6, 6.07) is 68.7. The SMILES string of the molecule is c1ccc(-c2nc(-c3ccccc3)nc(-c3cccc4c3sc3cc(-c5ccccc5-c5ccc6c(c5)c5ccccc5n6-c5ccccc5)ccc34)n2)cc1. The highest BCUT2D eigenvalue weighted by molar-refractivity contribution is 7.26. The van der Waals surface area contributed by atoms with Gasteiger partial charge in [-0.05, 0) is 64.7 Å². The fraction of sp³-hybridized carbons (Fsp3) is 0. The van der Waals surface area contributed by atoms with Gasteiger partial charge in [-0.1, -0.05) is 152 Å². The van der Waals surface area contributed by atoms with E-state index in [4.69, 9.17) is 15.0 Å². The molecule has 0 amide bonds. The van der Waals surface area contributed by atoms with Gasteiger partial charge in [-0.3, -0.25) is 0 Å². The second-order valence-electron chi connectivity index (χ2n) is 14.0. The molecule has 0 aliphatic carbocycles. The van der Waals surface area contributed by atoms with Crippen LogP contribution in [0.4, 0.5) is 0 Å². The number of aromatic nitrogens is 4. The molecule has 0 N–H and O–H groups in total. The number of fused-ring (bicyclic) bond motifs is 6. The molecule has 0 radical (unpaired) electrons. The van der Waals surface area contributed by atoms with Crippen LogP contribution in [0.5, 0.6) is 0 Å². The van der Waals surface area contributed by atoms with Crippen molar-refractivity contribution in [2.24, 2.45) is 0 Å². The first-order chi connectivity index (χ1) is 27.8. The van der Waals surface area contributed by atoms with E-state index in [1.807, 2.05) is 60.7 Å². The summed E-state index contributed by atoms with van der Waals surface area (Å²) < 4.78 is 4.76. The van der Waals surface area contributed by atoms with Gasteiger partial charge in [0.1, 0.15) is 0 Å². The van der Waals surface area contributed by atoms with Crippen molar-refractivity contribution in [1.82, 2.24) is 19.5 Å². The van der Waals surface area contributed by atoms with Crippen LogP contribution in [0.3, 0.4) is 0 Å². The monoisotopic (exact) mass is 732 g/mol. The molecule has 5 heteroatoms. The summed E-state index contributed by atoms with van der Waals surface area (Å²) in [5, 5.41) is 4.92. The minimum atomic E-state index is 0.661. The predicted molar refractivity (Wildman–Crippen MR) is 234 cm³/mol. The summed E-state index contributed by atoms with van der Waals surface area (Å²) in [4.78, 5) is 15.1. The van der Waals surface area contributed by atoms with Crippen molar-refractivity contribution >= 4 is 53.3 Å². The molecule has 11 rings (SSSR count). The molecule has 0 aliphatic heterocycles. The molecule has 56 heavy (non-hydrogen) atoms. The smallest absolute Gasteiger partial charge is 0.165 e. The first kappa shape index (κ1) is 32.2. The molecule has 3 heterocycles. The van der Waals surface area contributed by atoms with Gasteiger partial charge < -0.3 is 4.57 Å². The lowest BCUT2D eigenvalue weighted by Gasteiger charge is -2.12. The van der Waals surface area contributed by atoms with Gasteiger partial charge in [-0.2, -0.15) is 0 Å². The first-order valence-corrected chi connectivity index (χ1v) is 19.6. The minimum Gasteiger partial charge on any atom is -0.309 e. The number of nitrogens with zero attached hydrogens (tertiary/aromatic N) is 4. The Bertz CT molecular complexity index is 3180. The lowest BCUT2D eigenvalue weighted by atomic mass is 9.93. The van der Waals surface area contributed by atoms with Crippen LogP contribution in [0.15, 0.2) is 194 Å². The highest BCUT2D eigenvalue weighted by atomic mass is 32.1. The van der Waals surface area contributed by atoms with E-state index in [-0.39, 0.29) is 0 Å². The van der Waals surface area contributed by atoms with Crippen LogP contribution in [-0.4, -0.2) is 19.5 Å². The number of hydrogen-bond donors (Lipinski definition) is 0. The molecule has 0 saturated heterocycles. The highest BCUT2D eigenvalue weighted by Gasteiger charge is 2.18. The topological polar surface area (TPSA) is 43.6 Å². The van der Waals surface area contributed by atoms with E-state index in [2.05, 4.69) is 138 Å². The Kier molecular flexibility index (Phi) is 7.64. The molecule has 0 fully saturated rings. The molecule has 0 saturated carbocycles. The minimum absolute atomic E-state index is 0.661. The zero-order chi connectivity index (χ0) is 37.0. The lowest BCUT2D eigenvalue weighted by molar-refractivity contribution is 1.08. The molecular formula is C51H32N4S. The van der Waals surface area contributed by atoms with Crippen LogP contribution < -0.4 is 0 Å². The summed E-state index contributed by atoms with van der Waals surface area (Å²) >= 11 is 1.80. The van der Waals surface area contributed by atoms with E-state index >= 15 is 0 Å². The highest BCUT2D eigenvalue weighted by Crippen LogP contribution is 2.43. The number of hydrogen-bond acceptors (Lipinski definition) is 4. The van der Waals surface area contributed by atoms with Crippen molar-refractivity contribution in [3.05, 3.63) is 194 Å². The van der Waals surface area contributed by atoms with Gasteiger partial charge >= 0.3 is 0 Å². The third-order valence-corrected chi connectivity index (χ3v) is 11.9. The van der Waals surface area contributed by atoms with Gasteiger partial charge in [-0.15, -0.1) is 11.3 Å². The van der Waals surface area contributed by atoms with E-state index in [1.54, 1.807) is 11.3 Å². The molecule has 0 unspecified atom stereocenters. The fourth-order valence-corrected chi connectivity index (χ4v) is 9.30. The normalized spacial score (nSPS) is 11.6. The zero-order valence-electron chi connectivity index (χ0n) is 30.2. The zero-order valence-corrected chi connectivity index (χ0v) is 31.0. The Morgan fingerprint density at radius 1 is 0.339 bits per heavy atom. The Morgan fingerprint density at radius 2 is 0.875 bits per heavy atom. The molecule has 0 aliphatic rings. The van der Waals surface area contributed by atoms with E-state index in [0.29, 0.717) is 17.5 Å². The second-order valence-corrected chi connectivity index (χ2v) is 15.1. The summed E-state index contributed by atoms with van der Waals surface area (Å²) in [5.41, 5.74) is 11.3. The molecule has 3 aromatic heterocycles. The van der Waals surface area contributed by atoms with Crippen LogP contribution in [0.1, 0.15) is 0 Å². The van der Waals surface area contributed by atoms with E-state index in [9.17, 15) is 0 Å². The number of thiophene rings is 1. The maximum absolute atomic E-state index is 5.07. The molecule has 262 valence electrons. The second kappa shape index (κ2) is 13.3. The lowest BCUT2D eigenvalue weighted by Crippen LogP contribution is -2.00. The summed E-state index contributed by atoms with van der Waals surface area (Å²) in [6.45, 7) is 0. The average molecular weight is 733 g/mol. The summed E-state index contributed by atoms with van der Waals surface area (Å²) in [7, 11) is 0. The number of rotatable bonds is 6. The fourth-order valence-electron chi connectivity index (χ4n) is 8.05. The Hall–Kier alpha value is -7.21. The van der Waals surface area contributed by atoms with Crippen LogP contribution in [0.2, 0.25) is 0 Å². The van der Waals surface area contributed by atoms with Gasteiger partial charge in [-0.25, -0.2) is 15.0 Å². The summed E-state index contributed by atoms with van der Waals surface area (Å²) in [5.74, 6) is 1.99. The maximum atomic E-state index is 5.07. The van der Waals surface area contributed by atoms with Crippen molar-refractivity contribution in [1.29, 1.82) is 0 Å². The number of para-hydroxylation sites is 2. The standard InChI is InChI=1S/C51H32N4S/c1-4-15-33(16-5-1)49-52-50(34-17-6-2-7-18-34)54-51(53-49)43-25-14-24-42-41-29-27-36(32-47(41)56-48(42)43)39-22-11-10-21-38(39)35-28-30-46-44(31-35)40-23-12-13-26-45(40)55(46)37-19-8-3-9-20-37/h1-32H. The quantitative estimate of drug-likeness (QED) is 0.171. The molecule has 4 nitrogen and oxygen atoms in total. The van der Waals surface area contributed by atoms with Crippen LogP contribution >= 0.6 is 11.3 Å². The third-order valence-electron chi connectivity index (χ3n) is 10.7. The Morgan fingerprint density at radius 3 is 1.59 bits per heavy atom.